The molecule has 0 bridgehead atoms. The van der Waals surface area contributed by atoms with E-state index in [2.05, 4.69) is 5.32 Å². The molecule has 0 radical (unpaired) electrons. The highest BCUT2D eigenvalue weighted by atomic mass is 19.4. The van der Waals surface area contributed by atoms with Crippen molar-refractivity contribution in [3.05, 3.63) is 35.4 Å². The Hall–Kier alpha value is -2.02. The fraction of sp³-hybridized carbons (Fsp3) is 0.500. The second kappa shape index (κ2) is 7.47. The summed E-state index contributed by atoms with van der Waals surface area (Å²) in [6.45, 7) is 6.35. The second-order valence-electron chi connectivity index (χ2n) is 6.50. The van der Waals surface area contributed by atoms with Gasteiger partial charge in [0.1, 0.15) is 11.4 Å². The van der Waals surface area contributed by atoms with Crippen LogP contribution in [-0.2, 0) is 9.53 Å². The minimum absolute atomic E-state index is 0.0882. The van der Waals surface area contributed by atoms with Crippen molar-refractivity contribution < 1.29 is 27.4 Å². The van der Waals surface area contributed by atoms with Gasteiger partial charge < -0.3 is 14.8 Å². The summed E-state index contributed by atoms with van der Waals surface area (Å²) < 4.78 is 50.4. The number of nitrogens with one attached hydrogen (secondary N) is 1. The topological polar surface area (TPSA) is 47.6 Å². The highest BCUT2D eigenvalue weighted by Crippen LogP contribution is 2.37. The molecule has 0 fully saturated rings. The van der Waals surface area contributed by atoms with Crippen molar-refractivity contribution in [2.75, 3.05) is 13.1 Å². The van der Waals surface area contributed by atoms with Crippen molar-refractivity contribution >= 4 is 12.0 Å². The van der Waals surface area contributed by atoms with Gasteiger partial charge in [0.15, 0.2) is 0 Å². The Kier molecular flexibility index (Phi) is 5.77. The van der Waals surface area contributed by atoms with Gasteiger partial charge in [-0.25, -0.2) is 4.79 Å². The summed E-state index contributed by atoms with van der Waals surface area (Å²) in [6, 6.07) is 6.26. The number of esters is 1. The lowest BCUT2D eigenvalue weighted by Gasteiger charge is -2.31. The summed E-state index contributed by atoms with van der Waals surface area (Å²) in [5.74, 6) is -0.939. The Bertz CT molecular complexity index is 653. The SMILES string of the molecule is CCCNCC(C)(C)OC(=O)C1=Cc2ccccc2OC1C(F)(F)F. The minimum Gasteiger partial charge on any atom is -0.475 e. The van der Waals surface area contributed by atoms with Gasteiger partial charge in [0.2, 0.25) is 6.10 Å². The molecular weight excluding hydrogens is 335 g/mol. The van der Waals surface area contributed by atoms with E-state index in [0.29, 0.717) is 12.1 Å². The first-order valence-corrected chi connectivity index (χ1v) is 8.12. The van der Waals surface area contributed by atoms with Gasteiger partial charge in [-0.05, 0) is 39.0 Å². The quantitative estimate of drug-likeness (QED) is 0.623. The molecule has 0 aliphatic carbocycles. The molecule has 138 valence electrons. The predicted octanol–water partition coefficient (Wildman–Crippen LogP) is 3.71. The fourth-order valence-corrected chi connectivity index (χ4v) is 2.46. The molecule has 0 spiro atoms. The minimum atomic E-state index is -4.72. The van der Waals surface area contributed by atoms with Crippen molar-refractivity contribution in [1.82, 2.24) is 5.32 Å². The van der Waals surface area contributed by atoms with E-state index in [0.717, 1.165) is 13.0 Å². The predicted molar refractivity (Wildman–Crippen MR) is 88.2 cm³/mol. The molecule has 1 aliphatic heterocycles. The standard InChI is InChI=1S/C18H22F3NO3/c1-4-9-22-11-17(2,3)25-16(23)13-10-12-7-5-6-8-14(12)24-15(13)18(19,20)21/h5-8,10,15,22H,4,9,11H2,1-3H3. The summed E-state index contributed by atoms with van der Waals surface area (Å²) in [4.78, 5) is 12.4. The van der Waals surface area contributed by atoms with E-state index in [1.165, 1.54) is 12.1 Å². The number of para-hydroxylation sites is 1. The van der Waals surface area contributed by atoms with Gasteiger partial charge in [-0.1, -0.05) is 25.1 Å². The van der Waals surface area contributed by atoms with Crippen LogP contribution in [-0.4, -0.2) is 36.9 Å². The first-order valence-electron chi connectivity index (χ1n) is 8.12. The third-order valence-corrected chi connectivity index (χ3v) is 3.64. The molecule has 7 heteroatoms. The van der Waals surface area contributed by atoms with Crippen LogP contribution in [0.3, 0.4) is 0 Å². The van der Waals surface area contributed by atoms with Crippen LogP contribution >= 0.6 is 0 Å². The monoisotopic (exact) mass is 357 g/mol. The molecule has 1 unspecified atom stereocenters. The lowest BCUT2D eigenvalue weighted by molar-refractivity contribution is -0.190. The molecule has 1 heterocycles. The van der Waals surface area contributed by atoms with Gasteiger partial charge >= 0.3 is 12.1 Å². The van der Waals surface area contributed by atoms with Crippen molar-refractivity contribution in [1.29, 1.82) is 0 Å². The van der Waals surface area contributed by atoms with Gasteiger partial charge in [-0.3, -0.25) is 0 Å². The fourth-order valence-electron chi connectivity index (χ4n) is 2.46. The zero-order valence-corrected chi connectivity index (χ0v) is 14.4. The smallest absolute Gasteiger partial charge is 0.430 e. The van der Waals surface area contributed by atoms with Crippen LogP contribution in [0.1, 0.15) is 32.8 Å². The number of carbonyl (C=O) groups is 1. The van der Waals surface area contributed by atoms with Gasteiger partial charge in [0.25, 0.3) is 0 Å². The molecule has 1 aromatic carbocycles. The third kappa shape index (κ3) is 4.98. The van der Waals surface area contributed by atoms with Crippen LogP contribution in [0.15, 0.2) is 29.8 Å². The molecule has 4 nitrogen and oxygen atoms in total. The number of rotatable bonds is 6. The number of carbonyl (C=O) groups excluding carboxylic acids is 1. The number of alkyl halides is 3. The van der Waals surface area contributed by atoms with Gasteiger partial charge in [-0.15, -0.1) is 0 Å². The summed E-state index contributed by atoms with van der Waals surface area (Å²) in [7, 11) is 0. The van der Waals surface area contributed by atoms with Gasteiger partial charge in [0.05, 0.1) is 5.57 Å². The van der Waals surface area contributed by atoms with E-state index in [9.17, 15) is 18.0 Å². The van der Waals surface area contributed by atoms with E-state index >= 15 is 0 Å². The van der Waals surface area contributed by atoms with Crippen LogP contribution in [0, 0.1) is 0 Å². The molecule has 1 N–H and O–H groups in total. The van der Waals surface area contributed by atoms with Crippen LogP contribution < -0.4 is 10.1 Å². The van der Waals surface area contributed by atoms with E-state index in [1.54, 1.807) is 32.0 Å². The summed E-state index contributed by atoms with van der Waals surface area (Å²) >= 11 is 0. The summed E-state index contributed by atoms with van der Waals surface area (Å²) in [5, 5.41) is 3.09. The molecule has 25 heavy (non-hydrogen) atoms. The lowest BCUT2D eigenvalue weighted by Crippen LogP contribution is -2.44. The number of hydrogen-bond acceptors (Lipinski definition) is 4. The maximum atomic E-state index is 13.3. The van der Waals surface area contributed by atoms with Crippen molar-refractivity contribution in [2.24, 2.45) is 0 Å². The zero-order chi connectivity index (χ0) is 18.7. The molecule has 1 aliphatic rings. The van der Waals surface area contributed by atoms with Gasteiger partial charge in [0, 0.05) is 12.1 Å². The average Bonchev–Trinajstić information content (AvgIpc) is 2.52. The molecule has 2 rings (SSSR count). The average molecular weight is 357 g/mol. The number of hydrogen-bond donors (Lipinski definition) is 1. The molecule has 1 atom stereocenters. The van der Waals surface area contributed by atoms with E-state index in [4.69, 9.17) is 9.47 Å². The normalized spacial score (nSPS) is 17.4. The largest absolute Gasteiger partial charge is 0.475 e. The Labute approximate surface area is 145 Å². The Balaban J connectivity index is 2.24. The van der Waals surface area contributed by atoms with Crippen molar-refractivity contribution in [3.63, 3.8) is 0 Å². The molecule has 0 aromatic heterocycles. The Morgan fingerprint density at radius 3 is 2.60 bits per heavy atom. The first-order chi connectivity index (χ1) is 11.6. The molecule has 0 saturated carbocycles. The van der Waals surface area contributed by atoms with Crippen molar-refractivity contribution in [3.8, 4) is 5.75 Å². The number of fused-ring (bicyclic) bond motifs is 1. The van der Waals surface area contributed by atoms with E-state index in [1.807, 2.05) is 6.92 Å². The molecule has 0 amide bonds. The molecule has 0 saturated heterocycles. The van der Waals surface area contributed by atoms with Crippen LogP contribution in [0.25, 0.3) is 6.08 Å². The second-order valence-corrected chi connectivity index (χ2v) is 6.50. The summed E-state index contributed by atoms with van der Waals surface area (Å²) in [6.07, 6.45) is -4.97. The van der Waals surface area contributed by atoms with Crippen LogP contribution in [0.4, 0.5) is 13.2 Å². The maximum absolute atomic E-state index is 13.3. The summed E-state index contributed by atoms with van der Waals surface area (Å²) in [5.41, 5.74) is -1.08. The highest BCUT2D eigenvalue weighted by Gasteiger charge is 2.49. The van der Waals surface area contributed by atoms with Crippen molar-refractivity contribution in [2.45, 2.75) is 45.1 Å². The molecular formula is C18H22F3NO3. The van der Waals surface area contributed by atoms with E-state index < -0.39 is 29.4 Å². The maximum Gasteiger partial charge on any atom is 0.430 e. The van der Waals surface area contributed by atoms with Crippen LogP contribution in [0.5, 0.6) is 5.75 Å². The third-order valence-electron chi connectivity index (χ3n) is 3.64. The van der Waals surface area contributed by atoms with Crippen LogP contribution in [0.2, 0.25) is 0 Å². The highest BCUT2D eigenvalue weighted by molar-refractivity contribution is 5.96. The number of benzene rings is 1. The number of halogens is 3. The lowest BCUT2D eigenvalue weighted by atomic mass is 10.0. The number of ether oxygens (including phenoxy) is 2. The van der Waals surface area contributed by atoms with E-state index in [-0.39, 0.29) is 5.75 Å². The zero-order valence-electron chi connectivity index (χ0n) is 14.4. The van der Waals surface area contributed by atoms with Gasteiger partial charge in [-0.2, -0.15) is 13.2 Å². The Morgan fingerprint density at radius 1 is 1.28 bits per heavy atom. The first kappa shape index (κ1) is 19.3. The Morgan fingerprint density at radius 2 is 1.96 bits per heavy atom. The molecule has 1 aromatic rings.